The third kappa shape index (κ3) is 9.97. The molecule has 2 aromatic rings. The lowest BCUT2D eigenvalue weighted by Crippen LogP contribution is -2.03. The molecule has 28 heavy (non-hydrogen) atoms. The van der Waals surface area contributed by atoms with Crippen LogP contribution in [0.3, 0.4) is 0 Å². The van der Waals surface area contributed by atoms with Crippen LogP contribution < -0.4 is 5.32 Å². The predicted octanol–water partition coefficient (Wildman–Crippen LogP) is 8.54. The molecule has 0 aliphatic carbocycles. The van der Waals surface area contributed by atoms with Crippen LogP contribution in [0.5, 0.6) is 0 Å². The van der Waals surface area contributed by atoms with Gasteiger partial charge in [0.15, 0.2) is 0 Å². The molecule has 0 heterocycles. The zero-order valence-electron chi connectivity index (χ0n) is 18.1. The van der Waals surface area contributed by atoms with Gasteiger partial charge in [-0.25, -0.2) is 0 Å². The van der Waals surface area contributed by atoms with Gasteiger partial charge in [0.25, 0.3) is 0 Å². The van der Waals surface area contributed by atoms with Crippen molar-refractivity contribution in [1.29, 1.82) is 0 Å². The van der Waals surface area contributed by atoms with E-state index in [1.165, 1.54) is 100 Å². The first kappa shape index (κ1) is 22.5. The van der Waals surface area contributed by atoms with Crippen LogP contribution in [0.2, 0.25) is 0 Å². The van der Waals surface area contributed by atoms with Crippen molar-refractivity contribution >= 4 is 5.69 Å². The fourth-order valence-electron chi connectivity index (χ4n) is 3.88. The van der Waals surface area contributed by atoms with E-state index in [-0.39, 0.29) is 0 Å². The van der Waals surface area contributed by atoms with E-state index in [0.29, 0.717) is 0 Å². The van der Waals surface area contributed by atoms with E-state index in [9.17, 15) is 0 Å². The minimum Gasteiger partial charge on any atom is -0.381 e. The minimum atomic E-state index is 0.915. The standard InChI is InChI=1S/C27H41N/c1-2-3-4-5-6-7-8-9-10-11-12-14-19-25-20-17-18-21-26(25)24-28-27-22-15-13-16-23-27/h13,15-18,20-23,28H,2-12,14,19,24H2,1H3. The van der Waals surface area contributed by atoms with Gasteiger partial charge in [-0.15, -0.1) is 0 Å². The highest BCUT2D eigenvalue weighted by atomic mass is 14.9. The maximum Gasteiger partial charge on any atom is 0.0403 e. The van der Waals surface area contributed by atoms with Crippen molar-refractivity contribution in [2.45, 2.75) is 96.9 Å². The first-order valence-electron chi connectivity index (χ1n) is 11.8. The number of hydrogen-bond acceptors (Lipinski definition) is 1. The molecule has 0 bridgehead atoms. The van der Waals surface area contributed by atoms with Gasteiger partial charge in [0.05, 0.1) is 0 Å². The average Bonchev–Trinajstić information content (AvgIpc) is 2.74. The fourth-order valence-corrected chi connectivity index (χ4v) is 3.88. The van der Waals surface area contributed by atoms with Gasteiger partial charge in [-0.1, -0.05) is 120 Å². The summed E-state index contributed by atoms with van der Waals surface area (Å²) in [6.45, 7) is 3.21. The van der Waals surface area contributed by atoms with Gasteiger partial charge in [-0.2, -0.15) is 0 Å². The van der Waals surface area contributed by atoms with Gasteiger partial charge in [0.2, 0.25) is 0 Å². The summed E-state index contributed by atoms with van der Waals surface area (Å²) in [5.41, 5.74) is 4.15. The van der Waals surface area contributed by atoms with E-state index in [0.717, 1.165) is 6.54 Å². The summed E-state index contributed by atoms with van der Waals surface area (Å²) < 4.78 is 0. The molecular weight excluding hydrogens is 338 g/mol. The molecular formula is C27H41N. The topological polar surface area (TPSA) is 12.0 Å². The van der Waals surface area contributed by atoms with Crippen molar-refractivity contribution in [3.05, 3.63) is 65.7 Å². The Kier molecular flexibility index (Phi) is 12.2. The molecule has 0 atom stereocenters. The molecule has 0 unspecified atom stereocenters. The van der Waals surface area contributed by atoms with Crippen LogP contribution in [0.1, 0.15) is 95.1 Å². The van der Waals surface area contributed by atoms with Crippen LogP contribution in [-0.2, 0) is 13.0 Å². The highest BCUT2D eigenvalue weighted by molar-refractivity contribution is 5.43. The Morgan fingerprint density at radius 3 is 1.64 bits per heavy atom. The van der Waals surface area contributed by atoms with Crippen molar-refractivity contribution < 1.29 is 0 Å². The predicted molar refractivity (Wildman–Crippen MR) is 125 cm³/mol. The first-order valence-corrected chi connectivity index (χ1v) is 11.8. The van der Waals surface area contributed by atoms with Crippen molar-refractivity contribution in [3.8, 4) is 0 Å². The quantitative estimate of drug-likeness (QED) is 0.288. The van der Waals surface area contributed by atoms with Crippen LogP contribution in [-0.4, -0.2) is 0 Å². The third-order valence-corrected chi connectivity index (χ3v) is 5.67. The van der Waals surface area contributed by atoms with Gasteiger partial charge in [0, 0.05) is 12.2 Å². The first-order chi connectivity index (χ1) is 13.9. The Morgan fingerprint density at radius 2 is 1.04 bits per heavy atom. The maximum atomic E-state index is 3.55. The zero-order chi connectivity index (χ0) is 19.7. The molecule has 0 aliphatic heterocycles. The summed E-state index contributed by atoms with van der Waals surface area (Å²) in [5, 5.41) is 3.55. The maximum absolute atomic E-state index is 3.55. The number of anilines is 1. The molecule has 0 spiro atoms. The fraction of sp³-hybridized carbons (Fsp3) is 0.556. The molecule has 0 fully saturated rings. The smallest absolute Gasteiger partial charge is 0.0403 e. The zero-order valence-corrected chi connectivity index (χ0v) is 18.1. The van der Waals surface area contributed by atoms with Crippen LogP contribution in [0, 0.1) is 0 Å². The van der Waals surface area contributed by atoms with Crippen molar-refractivity contribution in [1.82, 2.24) is 0 Å². The molecule has 1 nitrogen and oxygen atoms in total. The Hall–Kier alpha value is -1.76. The molecule has 154 valence electrons. The Labute approximate surface area is 174 Å². The number of nitrogens with one attached hydrogen (secondary N) is 1. The van der Waals surface area contributed by atoms with E-state index in [1.807, 2.05) is 0 Å². The number of unbranched alkanes of at least 4 members (excludes halogenated alkanes) is 11. The lowest BCUT2D eigenvalue weighted by molar-refractivity contribution is 0.544. The van der Waals surface area contributed by atoms with Crippen LogP contribution in [0.25, 0.3) is 0 Å². The normalized spacial score (nSPS) is 10.9. The van der Waals surface area contributed by atoms with Gasteiger partial charge < -0.3 is 5.32 Å². The second-order valence-electron chi connectivity index (χ2n) is 8.13. The summed E-state index contributed by atoms with van der Waals surface area (Å²) >= 11 is 0. The SMILES string of the molecule is CCCCCCCCCCCCCCc1ccccc1CNc1ccccc1. The summed E-state index contributed by atoms with van der Waals surface area (Å²) in [7, 11) is 0. The number of para-hydroxylation sites is 1. The van der Waals surface area contributed by atoms with Crippen molar-refractivity contribution in [2.24, 2.45) is 0 Å². The molecule has 0 aromatic heterocycles. The minimum absolute atomic E-state index is 0.915. The molecule has 0 saturated carbocycles. The van der Waals surface area contributed by atoms with E-state index in [4.69, 9.17) is 0 Å². The average molecular weight is 380 g/mol. The lowest BCUT2D eigenvalue weighted by atomic mass is 10.00. The van der Waals surface area contributed by atoms with Gasteiger partial charge in [0.1, 0.15) is 0 Å². The molecule has 2 aromatic carbocycles. The molecule has 0 saturated heterocycles. The van der Waals surface area contributed by atoms with Crippen molar-refractivity contribution in [2.75, 3.05) is 5.32 Å². The van der Waals surface area contributed by atoms with Crippen LogP contribution in [0.15, 0.2) is 54.6 Å². The third-order valence-electron chi connectivity index (χ3n) is 5.67. The Balaban J connectivity index is 1.53. The molecule has 0 amide bonds. The number of aryl methyl sites for hydroxylation is 1. The van der Waals surface area contributed by atoms with Crippen LogP contribution in [0.4, 0.5) is 5.69 Å². The number of hydrogen-bond donors (Lipinski definition) is 1. The molecule has 1 N–H and O–H groups in total. The molecule has 0 radical (unpaired) electrons. The summed E-state index contributed by atoms with van der Waals surface area (Å²) in [6, 6.07) is 19.4. The van der Waals surface area contributed by atoms with Crippen molar-refractivity contribution in [3.63, 3.8) is 0 Å². The number of rotatable bonds is 16. The van der Waals surface area contributed by atoms with Gasteiger partial charge >= 0.3 is 0 Å². The number of benzene rings is 2. The summed E-state index contributed by atoms with van der Waals surface area (Å²) in [6.07, 6.45) is 18.2. The van der Waals surface area contributed by atoms with E-state index in [1.54, 1.807) is 0 Å². The largest absolute Gasteiger partial charge is 0.381 e. The lowest BCUT2D eigenvalue weighted by Gasteiger charge is -2.11. The summed E-state index contributed by atoms with van der Waals surface area (Å²) in [5.74, 6) is 0. The monoisotopic (exact) mass is 379 g/mol. The van der Waals surface area contributed by atoms with Gasteiger partial charge in [-0.05, 0) is 36.1 Å². The van der Waals surface area contributed by atoms with Crippen LogP contribution >= 0.6 is 0 Å². The van der Waals surface area contributed by atoms with Gasteiger partial charge in [-0.3, -0.25) is 0 Å². The highest BCUT2D eigenvalue weighted by Crippen LogP contribution is 2.17. The second-order valence-corrected chi connectivity index (χ2v) is 8.13. The van der Waals surface area contributed by atoms with E-state index >= 15 is 0 Å². The molecule has 1 heteroatoms. The van der Waals surface area contributed by atoms with E-state index in [2.05, 4.69) is 66.8 Å². The second kappa shape index (κ2) is 15.2. The Morgan fingerprint density at radius 1 is 0.536 bits per heavy atom. The molecule has 2 rings (SSSR count). The van der Waals surface area contributed by atoms with E-state index < -0.39 is 0 Å². The highest BCUT2D eigenvalue weighted by Gasteiger charge is 2.02. The summed E-state index contributed by atoms with van der Waals surface area (Å²) in [4.78, 5) is 0. The molecule has 0 aliphatic rings. The Bertz CT molecular complexity index is 605.